The van der Waals surface area contributed by atoms with Gasteiger partial charge in [0.15, 0.2) is 0 Å². The monoisotopic (exact) mass is 241 g/mol. The van der Waals surface area contributed by atoms with E-state index in [0.717, 1.165) is 17.1 Å². The number of hydrogen-bond donors (Lipinski definition) is 1. The largest absolute Gasteiger partial charge is 0.283 e. The van der Waals surface area contributed by atoms with Gasteiger partial charge < -0.3 is 0 Å². The van der Waals surface area contributed by atoms with Crippen molar-refractivity contribution in [3.63, 3.8) is 0 Å². The third kappa shape index (κ3) is 1.97. The van der Waals surface area contributed by atoms with Crippen LogP contribution in [0.2, 0.25) is 0 Å². The number of hydrogen-bond acceptors (Lipinski definition) is 5. The van der Waals surface area contributed by atoms with E-state index < -0.39 is 0 Å². The molecular weight excluding hydrogens is 230 g/mol. The highest BCUT2D eigenvalue weighted by Crippen LogP contribution is 2.12. The molecule has 90 valence electrons. The Morgan fingerprint density at radius 1 is 1.33 bits per heavy atom. The summed E-state index contributed by atoms with van der Waals surface area (Å²) in [6.45, 7) is 2.47. The molecule has 0 atom stereocenters. The van der Waals surface area contributed by atoms with Gasteiger partial charge in [-0.25, -0.2) is 4.68 Å². The third-order valence-corrected chi connectivity index (χ3v) is 2.50. The summed E-state index contributed by atoms with van der Waals surface area (Å²) in [5.74, 6) is 0.635. The van der Waals surface area contributed by atoms with Crippen molar-refractivity contribution in [2.75, 3.05) is 0 Å². The summed E-state index contributed by atoms with van der Waals surface area (Å²) in [6.07, 6.45) is 1.72. The van der Waals surface area contributed by atoms with Gasteiger partial charge in [0, 0.05) is 11.9 Å². The molecule has 3 aromatic rings. The number of aromatic nitrogens is 7. The van der Waals surface area contributed by atoms with Gasteiger partial charge >= 0.3 is 0 Å². The van der Waals surface area contributed by atoms with Crippen LogP contribution in [0.3, 0.4) is 0 Å². The maximum atomic E-state index is 4.24. The molecule has 0 aliphatic rings. The maximum Gasteiger partial charge on any atom is 0.201 e. The summed E-state index contributed by atoms with van der Waals surface area (Å²) in [4.78, 5) is 4.24. The summed E-state index contributed by atoms with van der Waals surface area (Å²) < 4.78 is 1.68. The van der Waals surface area contributed by atoms with Crippen molar-refractivity contribution < 1.29 is 0 Å². The molecule has 18 heavy (non-hydrogen) atoms. The second-order valence-corrected chi connectivity index (χ2v) is 3.92. The predicted molar refractivity (Wildman–Crippen MR) is 63.5 cm³/mol. The minimum absolute atomic E-state index is 0.517. The number of nitrogens with one attached hydrogen (secondary N) is 1. The lowest BCUT2D eigenvalue weighted by Crippen LogP contribution is -2.05. The van der Waals surface area contributed by atoms with Gasteiger partial charge in [-0.3, -0.25) is 10.1 Å². The Morgan fingerprint density at radius 2 is 2.28 bits per heavy atom. The molecular formula is C11H11N7. The van der Waals surface area contributed by atoms with E-state index in [0.29, 0.717) is 12.4 Å². The highest BCUT2D eigenvalue weighted by molar-refractivity contribution is 5.47. The molecule has 3 aromatic heterocycles. The van der Waals surface area contributed by atoms with Gasteiger partial charge in [0.25, 0.3) is 0 Å². The van der Waals surface area contributed by atoms with Crippen molar-refractivity contribution in [2.45, 2.75) is 13.5 Å². The van der Waals surface area contributed by atoms with Gasteiger partial charge in [0.1, 0.15) is 5.69 Å². The van der Waals surface area contributed by atoms with Gasteiger partial charge in [-0.2, -0.15) is 5.10 Å². The minimum Gasteiger partial charge on any atom is -0.283 e. The molecule has 0 amide bonds. The molecule has 3 heterocycles. The molecule has 7 heteroatoms. The summed E-state index contributed by atoms with van der Waals surface area (Å²) in [5, 5.41) is 18.7. The number of aromatic amines is 1. The number of H-pyrrole nitrogens is 1. The first-order valence-corrected chi connectivity index (χ1v) is 5.51. The van der Waals surface area contributed by atoms with Crippen LogP contribution in [-0.2, 0) is 6.54 Å². The molecule has 0 radical (unpaired) electrons. The van der Waals surface area contributed by atoms with Crippen LogP contribution in [0.4, 0.5) is 0 Å². The van der Waals surface area contributed by atoms with Crippen molar-refractivity contribution in [3.8, 4) is 11.5 Å². The van der Waals surface area contributed by atoms with Crippen molar-refractivity contribution in [3.05, 3.63) is 41.9 Å². The van der Waals surface area contributed by atoms with E-state index in [4.69, 9.17) is 0 Å². The Balaban J connectivity index is 1.93. The lowest BCUT2D eigenvalue weighted by atomic mass is 10.3. The van der Waals surface area contributed by atoms with Crippen molar-refractivity contribution >= 4 is 0 Å². The Morgan fingerprint density at radius 3 is 3.00 bits per heavy atom. The summed E-state index contributed by atoms with van der Waals surface area (Å²) >= 11 is 0. The van der Waals surface area contributed by atoms with Crippen LogP contribution in [0.15, 0.2) is 30.5 Å². The molecule has 3 rings (SSSR count). The van der Waals surface area contributed by atoms with Crippen LogP contribution in [0.25, 0.3) is 11.5 Å². The van der Waals surface area contributed by atoms with E-state index in [2.05, 4.69) is 30.7 Å². The topological polar surface area (TPSA) is 85.2 Å². The highest BCUT2D eigenvalue weighted by atomic mass is 15.5. The van der Waals surface area contributed by atoms with Crippen LogP contribution in [0.5, 0.6) is 0 Å². The zero-order valence-corrected chi connectivity index (χ0v) is 9.78. The van der Waals surface area contributed by atoms with Crippen LogP contribution >= 0.6 is 0 Å². The van der Waals surface area contributed by atoms with Crippen LogP contribution in [0.1, 0.15) is 11.4 Å². The fraction of sp³-hybridized carbons (Fsp3) is 0.182. The van der Waals surface area contributed by atoms with E-state index in [1.54, 1.807) is 10.9 Å². The average molecular weight is 241 g/mol. The van der Waals surface area contributed by atoms with Crippen molar-refractivity contribution in [1.29, 1.82) is 0 Å². The van der Waals surface area contributed by atoms with Gasteiger partial charge in [-0.15, -0.1) is 5.10 Å². The smallest absolute Gasteiger partial charge is 0.201 e. The van der Waals surface area contributed by atoms with E-state index in [1.807, 2.05) is 31.2 Å². The second kappa shape index (κ2) is 4.36. The predicted octanol–water partition coefficient (Wildman–Crippen LogP) is 0.815. The standard InChI is InChI=1S/C11H11N7/c1-8-6-9(14-13-8)7-18-11(15-16-17-18)10-4-2-3-5-12-10/h2-6H,7H2,1H3,(H,13,14). The molecule has 1 N–H and O–H groups in total. The highest BCUT2D eigenvalue weighted by Gasteiger charge is 2.11. The maximum absolute atomic E-state index is 4.24. The number of nitrogens with zero attached hydrogens (tertiary/aromatic N) is 6. The van der Waals surface area contributed by atoms with Crippen LogP contribution < -0.4 is 0 Å². The van der Waals surface area contributed by atoms with Crippen LogP contribution in [0, 0.1) is 6.92 Å². The number of pyridine rings is 1. The Hall–Kier alpha value is -2.57. The number of rotatable bonds is 3. The van der Waals surface area contributed by atoms with Gasteiger partial charge in [-0.1, -0.05) is 6.07 Å². The molecule has 0 saturated carbocycles. The Kier molecular flexibility index (Phi) is 2.56. The van der Waals surface area contributed by atoms with Crippen LogP contribution in [-0.4, -0.2) is 35.4 Å². The Bertz CT molecular complexity index is 640. The SMILES string of the molecule is Cc1cc(Cn2nnnc2-c2ccccn2)n[nH]1. The molecule has 0 aliphatic heterocycles. The number of tetrazole rings is 1. The third-order valence-electron chi connectivity index (χ3n) is 2.50. The fourth-order valence-corrected chi connectivity index (χ4v) is 1.70. The molecule has 0 aliphatic carbocycles. The average Bonchev–Trinajstić information content (AvgIpc) is 3.00. The first kappa shape index (κ1) is 10.6. The zero-order chi connectivity index (χ0) is 12.4. The van der Waals surface area contributed by atoms with E-state index in [9.17, 15) is 0 Å². The molecule has 0 fully saturated rings. The first-order valence-electron chi connectivity index (χ1n) is 5.51. The molecule has 0 saturated heterocycles. The molecule has 0 bridgehead atoms. The molecule has 0 unspecified atom stereocenters. The first-order chi connectivity index (χ1) is 8.83. The van der Waals surface area contributed by atoms with Gasteiger partial charge in [0.2, 0.25) is 5.82 Å². The fourth-order valence-electron chi connectivity index (χ4n) is 1.70. The second-order valence-electron chi connectivity index (χ2n) is 3.92. The zero-order valence-electron chi connectivity index (χ0n) is 9.78. The Labute approximate surface area is 103 Å². The molecule has 0 spiro atoms. The van der Waals surface area contributed by atoms with Crippen molar-refractivity contribution in [2.24, 2.45) is 0 Å². The molecule has 0 aromatic carbocycles. The normalized spacial score (nSPS) is 10.7. The minimum atomic E-state index is 0.517. The quantitative estimate of drug-likeness (QED) is 0.733. The number of aryl methyl sites for hydroxylation is 1. The van der Waals surface area contributed by atoms with Gasteiger partial charge in [0.05, 0.1) is 12.2 Å². The summed E-state index contributed by atoms with van der Waals surface area (Å²) in [7, 11) is 0. The van der Waals surface area contributed by atoms with Crippen molar-refractivity contribution in [1.82, 2.24) is 35.4 Å². The molecule has 7 nitrogen and oxygen atoms in total. The van der Waals surface area contributed by atoms with E-state index in [-0.39, 0.29) is 0 Å². The lowest BCUT2D eigenvalue weighted by molar-refractivity contribution is 0.640. The summed E-state index contributed by atoms with van der Waals surface area (Å²) in [6, 6.07) is 7.59. The van der Waals surface area contributed by atoms with Gasteiger partial charge in [-0.05, 0) is 35.5 Å². The summed E-state index contributed by atoms with van der Waals surface area (Å²) in [5.41, 5.74) is 2.64. The van der Waals surface area contributed by atoms with E-state index in [1.165, 1.54) is 0 Å². The lowest BCUT2D eigenvalue weighted by Gasteiger charge is -2.01. The van der Waals surface area contributed by atoms with E-state index >= 15 is 0 Å².